The Morgan fingerprint density at radius 2 is 2.05 bits per heavy atom. The maximum atomic E-state index is 6.06. The zero-order chi connectivity index (χ0) is 14.9. The molecule has 2 rings (SSSR count). The molecule has 1 aromatic heterocycles. The first-order chi connectivity index (χ1) is 9.45. The fourth-order valence-corrected chi connectivity index (χ4v) is 3.16. The van der Waals surface area contributed by atoms with Crippen molar-refractivity contribution in [3.05, 3.63) is 50.7 Å². The molecule has 3 nitrogen and oxygen atoms in total. The maximum Gasteiger partial charge on any atom is 0.0760 e. The van der Waals surface area contributed by atoms with E-state index >= 15 is 0 Å². The molecular formula is C15H19BrClN3. The molecule has 0 spiro atoms. The number of aryl methyl sites for hydroxylation is 1. The third-order valence-corrected chi connectivity index (χ3v) is 4.23. The van der Waals surface area contributed by atoms with E-state index in [2.05, 4.69) is 53.2 Å². The molecule has 2 aromatic rings. The molecule has 1 aromatic carbocycles. The van der Waals surface area contributed by atoms with Crippen LogP contribution in [-0.4, -0.2) is 16.8 Å². The second-order valence-corrected chi connectivity index (χ2v) is 6.43. The quantitative estimate of drug-likeness (QED) is 0.874. The third-order valence-electron chi connectivity index (χ3n) is 3.38. The molecule has 1 N–H and O–H groups in total. The number of nitrogens with zero attached hydrogens (tertiary/aromatic N) is 2. The first-order valence-corrected chi connectivity index (χ1v) is 7.79. The van der Waals surface area contributed by atoms with Gasteiger partial charge in [0.2, 0.25) is 0 Å². The second-order valence-electron chi connectivity index (χ2n) is 5.14. The number of benzene rings is 1. The van der Waals surface area contributed by atoms with Gasteiger partial charge in [0, 0.05) is 11.1 Å². The Morgan fingerprint density at radius 3 is 2.60 bits per heavy atom. The largest absolute Gasteiger partial charge is 0.308 e. The molecule has 108 valence electrons. The molecule has 1 heterocycles. The van der Waals surface area contributed by atoms with Crippen LogP contribution in [0.15, 0.2) is 28.9 Å². The first kappa shape index (κ1) is 15.5. The van der Waals surface area contributed by atoms with Crippen LogP contribution >= 0.6 is 27.5 Å². The fraction of sp³-hybridized carbons (Fsp3) is 0.400. The topological polar surface area (TPSA) is 29.9 Å². The summed E-state index contributed by atoms with van der Waals surface area (Å²) in [5, 5.41) is 8.61. The Balaban J connectivity index is 2.55. The average molecular weight is 357 g/mol. The summed E-state index contributed by atoms with van der Waals surface area (Å²) >= 11 is 9.67. The lowest BCUT2D eigenvalue weighted by Gasteiger charge is -2.22. The molecule has 0 aliphatic rings. The Bertz CT molecular complexity index is 607. The summed E-state index contributed by atoms with van der Waals surface area (Å²) in [7, 11) is 1.96. The van der Waals surface area contributed by atoms with E-state index in [0.29, 0.717) is 6.04 Å². The van der Waals surface area contributed by atoms with Gasteiger partial charge in [0.1, 0.15) is 0 Å². The minimum atomic E-state index is 0.0755. The number of hydrogen-bond acceptors (Lipinski definition) is 2. The average Bonchev–Trinajstić information content (AvgIpc) is 2.75. The van der Waals surface area contributed by atoms with Gasteiger partial charge < -0.3 is 5.32 Å². The first-order valence-electron chi connectivity index (χ1n) is 6.62. The van der Waals surface area contributed by atoms with Gasteiger partial charge in [-0.25, -0.2) is 0 Å². The molecule has 20 heavy (non-hydrogen) atoms. The van der Waals surface area contributed by atoms with Gasteiger partial charge in [-0.2, -0.15) is 5.10 Å². The molecule has 0 amide bonds. The van der Waals surface area contributed by atoms with Crippen LogP contribution in [0.5, 0.6) is 0 Å². The van der Waals surface area contributed by atoms with Crippen molar-refractivity contribution >= 4 is 27.5 Å². The molecule has 0 bridgehead atoms. The van der Waals surface area contributed by atoms with Gasteiger partial charge >= 0.3 is 0 Å². The van der Waals surface area contributed by atoms with Crippen molar-refractivity contribution in [2.75, 3.05) is 7.05 Å². The highest BCUT2D eigenvalue weighted by Gasteiger charge is 2.23. The lowest BCUT2D eigenvalue weighted by Crippen LogP contribution is -2.23. The standard InChI is InChI=1S/C15H19BrClN3/c1-9(2)20-15(13(16)8-19-20)14(18-4)12-6-5-11(17)7-10(12)3/h5-9,14,18H,1-4H3. The number of halogens is 2. The smallest absolute Gasteiger partial charge is 0.0760 e. The van der Waals surface area contributed by atoms with E-state index in [1.54, 1.807) is 0 Å². The molecule has 5 heteroatoms. The van der Waals surface area contributed by atoms with Gasteiger partial charge in [0.05, 0.1) is 22.4 Å². The Labute approximate surface area is 133 Å². The number of hydrogen-bond donors (Lipinski definition) is 1. The van der Waals surface area contributed by atoms with Crippen LogP contribution in [0.3, 0.4) is 0 Å². The molecule has 0 radical (unpaired) electrons. The predicted octanol–water partition coefficient (Wildman–Crippen LogP) is 4.50. The molecular weight excluding hydrogens is 338 g/mol. The zero-order valence-corrected chi connectivity index (χ0v) is 14.5. The Morgan fingerprint density at radius 1 is 1.35 bits per heavy atom. The van der Waals surface area contributed by atoms with Gasteiger partial charge in [-0.3, -0.25) is 4.68 Å². The minimum Gasteiger partial charge on any atom is -0.308 e. The van der Waals surface area contributed by atoms with Crippen LogP contribution in [0.1, 0.15) is 42.8 Å². The van der Waals surface area contributed by atoms with Crippen LogP contribution in [0.4, 0.5) is 0 Å². The lowest BCUT2D eigenvalue weighted by atomic mass is 9.98. The van der Waals surface area contributed by atoms with E-state index < -0.39 is 0 Å². The zero-order valence-electron chi connectivity index (χ0n) is 12.1. The number of aromatic nitrogens is 2. The molecule has 0 aliphatic carbocycles. The van der Waals surface area contributed by atoms with E-state index in [1.165, 1.54) is 11.1 Å². The highest BCUT2D eigenvalue weighted by Crippen LogP contribution is 2.32. The van der Waals surface area contributed by atoms with Crippen molar-refractivity contribution < 1.29 is 0 Å². The van der Waals surface area contributed by atoms with Crippen LogP contribution in [-0.2, 0) is 0 Å². The van der Waals surface area contributed by atoms with E-state index in [4.69, 9.17) is 11.6 Å². The second kappa shape index (κ2) is 6.29. The van der Waals surface area contributed by atoms with Crippen LogP contribution in [0.2, 0.25) is 5.02 Å². The van der Waals surface area contributed by atoms with Crippen molar-refractivity contribution in [1.82, 2.24) is 15.1 Å². The molecule has 0 saturated carbocycles. The van der Waals surface area contributed by atoms with E-state index in [0.717, 1.165) is 15.2 Å². The van der Waals surface area contributed by atoms with Crippen LogP contribution < -0.4 is 5.32 Å². The molecule has 0 aliphatic heterocycles. The minimum absolute atomic E-state index is 0.0755. The predicted molar refractivity (Wildman–Crippen MR) is 87.4 cm³/mol. The van der Waals surface area contributed by atoms with E-state index in [1.807, 2.05) is 30.1 Å². The van der Waals surface area contributed by atoms with Crippen molar-refractivity contribution in [3.63, 3.8) is 0 Å². The summed E-state index contributed by atoms with van der Waals surface area (Å²) in [4.78, 5) is 0. The van der Waals surface area contributed by atoms with Crippen molar-refractivity contribution in [2.24, 2.45) is 0 Å². The van der Waals surface area contributed by atoms with E-state index in [-0.39, 0.29) is 6.04 Å². The van der Waals surface area contributed by atoms with Gasteiger partial charge in [-0.15, -0.1) is 0 Å². The molecule has 1 unspecified atom stereocenters. The molecule has 0 saturated heterocycles. The van der Waals surface area contributed by atoms with Crippen LogP contribution in [0, 0.1) is 6.92 Å². The summed E-state index contributed by atoms with van der Waals surface area (Å²) in [5.41, 5.74) is 3.51. The normalized spacial score (nSPS) is 12.9. The van der Waals surface area contributed by atoms with Crippen molar-refractivity contribution in [2.45, 2.75) is 32.9 Å². The van der Waals surface area contributed by atoms with Gasteiger partial charge in [-0.05, 0) is 67.0 Å². The van der Waals surface area contributed by atoms with Crippen molar-refractivity contribution in [3.8, 4) is 0 Å². The number of nitrogens with one attached hydrogen (secondary N) is 1. The SMILES string of the molecule is CNC(c1ccc(Cl)cc1C)c1c(Br)cnn1C(C)C. The highest BCUT2D eigenvalue weighted by molar-refractivity contribution is 9.10. The molecule has 0 fully saturated rings. The van der Waals surface area contributed by atoms with Gasteiger partial charge in [-0.1, -0.05) is 17.7 Å². The third kappa shape index (κ3) is 2.92. The van der Waals surface area contributed by atoms with Crippen molar-refractivity contribution in [1.29, 1.82) is 0 Å². The Kier molecular flexibility index (Phi) is 4.89. The summed E-state index contributed by atoms with van der Waals surface area (Å²) in [6.07, 6.45) is 1.85. The monoisotopic (exact) mass is 355 g/mol. The summed E-state index contributed by atoms with van der Waals surface area (Å²) in [6, 6.07) is 6.37. The highest BCUT2D eigenvalue weighted by atomic mass is 79.9. The summed E-state index contributed by atoms with van der Waals surface area (Å²) in [5.74, 6) is 0. The Hall–Kier alpha value is -0.840. The maximum absolute atomic E-state index is 6.06. The fourth-order valence-electron chi connectivity index (χ4n) is 2.43. The van der Waals surface area contributed by atoms with Crippen LogP contribution in [0.25, 0.3) is 0 Å². The lowest BCUT2D eigenvalue weighted by molar-refractivity contribution is 0.482. The van der Waals surface area contributed by atoms with Gasteiger partial charge in [0.25, 0.3) is 0 Å². The van der Waals surface area contributed by atoms with E-state index in [9.17, 15) is 0 Å². The summed E-state index contributed by atoms with van der Waals surface area (Å²) in [6.45, 7) is 6.34. The molecule has 1 atom stereocenters. The number of rotatable bonds is 4. The summed E-state index contributed by atoms with van der Waals surface area (Å²) < 4.78 is 3.05. The van der Waals surface area contributed by atoms with Gasteiger partial charge in [0.15, 0.2) is 0 Å².